The molecule has 0 spiro atoms. The van der Waals surface area contributed by atoms with Crippen LogP contribution in [0.3, 0.4) is 0 Å². The van der Waals surface area contributed by atoms with Gasteiger partial charge in [-0.3, -0.25) is 0 Å². The average molecular weight is 405 g/mol. The van der Waals surface area contributed by atoms with Crippen LogP contribution in [0.4, 0.5) is 0 Å². The lowest BCUT2D eigenvalue weighted by Gasteiger charge is -2.52. The lowest BCUT2D eigenvalue weighted by atomic mass is 9.98. The van der Waals surface area contributed by atoms with Crippen LogP contribution in [0.2, 0.25) is 19.1 Å². The number of hydrogen-bond donors (Lipinski definition) is 0. The highest BCUT2D eigenvalue weighted by Gasteiger charge is 2.54. The van der Waals surface area contributed by atoms with Gasteiger partial charge in [-0.05, 0) is 30.3 Å². The zero-order chi connectivity index (χ0) is 19.0. The maximum atomic E-state index is 7.19. The summed E-state index contributed by atoms with van der Waals surface area (Å²) in [6.45, 7) is 7.47. The van der Waals surface area contributed by atoms with Crippen LogP contribution in [0.15, 0.2) is 91.0 Å². The molecule has 1 fully saturated rings. The van der Waals surface area contributed by atoms with E-state index in [-0.39, 0.29) is 14.2 Å². The van der Waals surface area contributed by atoms with Gasteiger partial charge in [-0.1, -0.05) is 103 Å². The Labute approximate surface area is 167 Å². The molecule has 0 aromatic heterocycles. The first-order valence-electron chi connectivity index (χ1n) is 9.80. The van der Waals surface area contributed by atoms with E-state index >= 15 is 0 Å². The lowest BCUT2D eigenvalue weighted by Crippen LogP contribution is -2.74. The maximum Gasteiger partial charge on any atom is 0.199 e. The van der Waals surface area contributed by atoms with Gasteiger partial charge in [0.05, 0.1) is 21.7 Å². The fraction of sp³-hybridized carbons (Fsp3) is 0.217. The average Bonchev–Trinajstić information content (AvgIpc) is 2.69. The van der Waals surface area contributed by atoms with Gasteiger partial charge in [-0.15, -0.1) is 0 Å². The van der Waals surface area contributed by atoms with Crippen LogP contribution in [0.5, 0.6) is 0 Å². The summed E-state index contributed by atoms with van der Waals surface area (Å²) >= 11 is 0. The third-order valence-corrected chi connectivity index (χ3v) is 34.3. The van der Waals surface area contributed by atoms with Crippen molar-refractivity contribution in [3.8, 4) is 0 Å². The molecule has 4 rings (SSSR count). The minimum absolute atomic E-state index is 0.194. The molecule has 1 aliphatic heterocycles. The SMILES string of the molecule is CC1(c2ccccc2)C[Si](C)(c2ccccc2)[SiH2][Si](C)(c2ccccc2)O1. The minimum atomic E-state index is -1.95. The van der Waals surface area contributed by atoms with Gasteiger partial charge in [0.15, 0.2) is 7.83 Å². The van der Waals surface area contributed by atoms with E-state index in [0.29, 0.717) is 0 Å². The van der Waals surface area contributed by atoms with Gasteiger partial charge in [0.2, 0.25) is 0 Å². The smallest absolute Gasteiger partial charge is 0.199 e. The summed E-state index contributed by atoms with van der Waals surface area (Å²) < 4.78 is 7.19. The molecule has 0 amide bonds. The monoisotopic (exact) mass is 404 g/mol. The van der Waals surface area contributed by atoms with Crippen LogP contribution in [-0.4, -0.2) is 24.0 Å². The normalized spacial score (nSPS) is 31.7. The van der Waals surface area contributed by atoms with Gasteiger partial charge in [-0.25, -0.2) is 0 Å². The molecule has 1 heterocycles. The third-order valence-electron chi connectivity index (χ3n) is 6.15. The number of rotatable bonds is 3. The van der Waals surface area contributed by atoms with E-state index < -0.39 is 15.4 Å². The van der Waals surface area contributed by atoms with Gasteiger partial charge in [0.25, 0.3) is 0 Å². The molecule has 1 nitrogen and oxygen atoms in total. The molecule has 0 bridgehead atoms. The summed E-state index contributed by atoms with van der Waals surface area (Å²) in [7, 11) is -3.89. The van der Waals surface area contributed by atoms with Crippen molar-refractivity contribution in [2.45, 2.75) is 31.7 Å². The van der Waals surface area contributed by atoms with Gasteiger partial charge in [0.1, 0.15) is 0 Å². The molecular formula is C23H28OSi3. The van der Waals surface area contributed by atoms with E-state index in [1.165, 1.54) is 16.8 Å². The molecule has 3 atom stereocenters. The zero-order valence-corrected chi connectivity index (χ0v) is 19.9. The highest BCUT2D eigenvalue weighted by atomic mass is 29.6. The van der Waals surface area contributed by atoms with Crippen LogP contribution < -0.4 is 10.4 Å². The van der Waals surface area contributed by atoms with Crippen molar-refractivity contribution in [1.82, 2.24) is 0 Å². The van der Waals surface area contributed by atoms with E-state index in [4.69, 9.17) is 4.43 Å². The molecule has 1 aliphatic rings. The first kappa shape index (κ1) is 18.6. The van der Waals surface area contributed by atoms with Gasteiger partial charge < -0.3 is 4.43 Å². The largest absolute Gasteiger partial charge is 0.407 e. The second kappa shape index (κ2) is 7.02. The predicted octanol–water partition coefficient (Wildman–Crippen LogP) is 3.56. The third kappa shape index (κ3) is 3.55. The minimum Gasteiger partial charge on any atom is -0.407 e. The topological polar surface area (TPSA) is 9.23 Å². The summed E-state index contributed by atoms with van der Waals surface area (Å²) in [5, 5.41) is 3.10. The van der Waals surface area contributed by atoms with E-state index in [9.17, 15) is 0 Å². The Hall–Kier alpha value is -1.73. The quantitative estimate of drug-likeness (QED) is 0.607. The molecule has 0 N–H and O–H groups in total. The highest BCUT2D eigenvalue weighted by molar-refractivity contribution is 7.57. The molecule has 138 valence electrons. The van der Waals surface area contributed by atoms with Crippen LogP contribution in [0.1, 0.15) is 12.5 Å². The van der Waals surface area contributed by atoms with Crippen molar-refractivity contribution in [3.05, 3.63) is 96.6 Å². The Morgan fingerprint density at radius 1 is 0.741 bits per heavy atom. The number of hydrogen-bond acceptors (Lipinski definition) is 1. The van der Waals surface area contributed by atoms with Crippen molar-refractivity contribution < 1.29 is 4.43 Å². The van der Waals surface area contributed by atoms with Gasteiger partial charge in [0, 0.05) is 0 Å². The second-order valence-corrected chi connectivity index (χ2v) is 29.2. The predicted molar refractivity (Wildman–Crippen MR) is 124 cm³/mol. The summed E-state index contributed by atoms with van der Waals surface area (Å²) in [5.41, 5.74) is 1.14. The molecule has 0 radical (unpaired) electrons. The fourth-order valence-corrected chi connectivity index (χ4v) is 41.4. The summed E-state index contributed by atoms with van der Waals surface area (Å²) in [4.78, 5) is 0. The van der Waals surface area contributed by atoms with Gasteiger partial charge in [-0.2, -0.15) is 0 Å². The van der Waals surface area contributed by atoms with Crippen molar-refractivity contribution in [2.75, 3.05) is 0 Å². The van der Waals surface area contributed by atoms with Crippen LogP contribution in [-0.2, 0) is 10.0 Å². The Bertz CT molecular complexity index is 768. The molecule has 3 unspecified atom stereocenters. The summed E-state index contributed by atoms with van der Waals surface area (Å²) in [6.07, 6.45) is 0. The molecule has 4 heteroatoms. The zero-order valence-electron chi connectivity index (χ0n) is 16.5. The van der Waals surface area contributed by atoms with Crippen LogP contribution >= 0.6 is 0 Å². The fourth-order valence-electron chi connectivity index (χ4n) is 5.07. The molecule has 1 saturated heterocycles. The van der Waals surface area contributed by atoms with Crippen LogP contribution in [0, 0.1) is 0 Å². The second-order valence-electron chi connectivity index (χ2n) is 8.58. The molecular weight excluding hydrogens is 377 g/mol. The van der Waals surface area contributed by atoms with Crippen LogP contribution in [0.25, 0.3) is 0 Å². The first-order valence-corrected chi connectivity index (χ1v) is 19.6. The van der Waals surface area contributed by atoms with Crippen molar-refractivity contribution >= 4 is 34.4 Å². The van der Waals surface area contributed by atoms with Gasteiger partial charge >= 0.3 is 0 Å². The van der Waals surface area contributed by atoms with E-state index in [1.54, 1.807) is 5.19 Å². The molecule has 0 saturated carbocycles. The number of benzene rings is 3. The Morgan fingerprint density at radius 2 is 1.22 bits per heavy atom. The van der Waals surface area contributed by atoms with E-state index in [0.717, 1.165) is 0 Å². The molecule has 0 aliphatic carbocycles. The van der Waals surface area contributed by atoms with Crippen molar-refractivity contribution in [3.63, 3.8) is 0 Å². The molecule has 3 aromatic rings. The van der Waals surface area contributed by atoms with E-state index in [1.807, 2.05) is 0 Å². The Morgan fingerprint density at radius 3 is 1.78 bits per heavy atom. The summed E-state index contributed by atoms with van der Waals surface area (Å²) in [6, 6.07) is 34.6. The standard InChI is InChI=1S/C23H28OSi3/c1-23(20-13-7-4-8-14-20)19-26(2,21-15-9-5-10-16-21)25-27(3,24-23)22-17-11-6-12-18-22/h4-18H,19,25H2,1-3H3. The Kier molecular flexibility index (Phi) is 4.84. The summed E-state index contributed by atoms with van der Waals surface area (Å²) in [5.74, 6) is 0. The Balaban J connectivity index is 1.85. The first-order chi connectivity index (χ1) is 12.9. The van der Waals surface area contributed by atoms with Crippen molar-refractivity contribution in [1.29, 1.82) is 0 Å². The lowest BCUT2D eigenvalue weighted by molar-refractivity contribution is 0.104. The van der Waals surface area contributed by atoms with E-state index in [2.05, 4.69) is 111 Å². The molecule has 27 heavy (non-hydrogen) atoms. The molecule has 3 aromatic carbocycles. The highest BCUT2D eigenvalue weighted by Crippen LogP contribution is 2.41. The maximum absolute atomic E-state index is 7.19. The van der Waals surface area contributed by atoms with Crippen molar-refractivity contribution in [2.24, 2.45) is 0 Å².